The van der Waals surface area contributed by atoms with Gasteiger partial charge in [0.05, 0.1) is 6.54 Å². The first-order chi connectivity index (χ1) is 9.83. The Hall–Kier alpha value is -1.80. The minimum atomic E-state index is -0.514. The number of nitrogens with one attached hydrogen (secondary N) is 1. The maximum Gasteiger partial charge on any atom is 0.332 e. The van der Waals surface area contributed by atoms with Crippen molar-refractivity contribution >= 4 is 11.5 Å². The maximum absolute atomic E-state index is 12.2. The quantitative estimate of drug-likeness (QED) is 0.677. The molecule has 8 nitrogen and oxygen atoms in total. The predicted molar refractivity (Wildman–Crippen MR) is 81.5 cm³/mol. The molecule has 0 unspecified atom stereocenters. The van der Waals surface area contributed by atoms with E-state index in [1.807, 2.05) is 13.8 Å². The van der Waals surface area contributed by atoms with Crippen molar-refractivity contribution in [1.29, 1.82) is 0 Å². The van der Waals surface area contributed by atoms with E-state index in [2.05, 4.69) is 5.32 Å². The monoisotopic (exact) mass is 300 g/mol. The molecule has 0 aliphatic rings. The number of rotatable bonds is 7. The number of nitrogen functional groups attached to an aromatic ring is 1. The summed E-state index contributed by atoms with van der Waals surface area (Å²) < 4.78 is 12.5. The molecule has 0 saturated heterocycles. The first kappa shape index (κ1) is 17.3. The molecule has 21 heavy (non-hydrogen) atoms. The number of aromatic nitrogens is 2. The van der Waals surface area contributed by atoms with Gasteiger partial charge in [0, 0.05) is 27.8 Å². The van der Waals surface area contributed by atoms with Crippen LogP contribution in [-0.2, 0) is 23.1 Å². The van der Waals surface area contributed by atoms with Gasteiger partial charge in [-0.1, -0.05) is 13.8 Å². The molecule has 8 heteroatoms. The topological polar surface area (TPSA) is 101 Å². The molecule has 1 aromatic heterocycles. The normalized spacial score (nSPS) is 11.4. The Morgan fingerprint density at radius 2 is 1.81 bits per heavy atom. The zero-order chi connectivity index (χ0) is 16.2. The van der Waals surface area contributed by atoms with Crippen LogP contribution in [-0.4, -0.2) is 36.2 Å². The molecule has 0 fully saturated rings. The Morgan fingerprint density at radius 3 is 2.29 bits per heavy atom. The average molecular weight is 300 g/mol. The van der Waals surface area contributed by atoms with Crippen LogP contribution in [0.15, 0.2) is 9.59 Å². The molecule has 1 aromatic rings. The van der Waals surface area contributed by atoms with Gasteiger partial charge in [0.25, 0.3) is 5.56 Å². The number of hydrogen-bond donors (Lipinski definition) is 2. The van der Waals surface area contributed by atoms with Gasteiger partial charge in [0.2, 0.25) is 0 Å². The molecule has 3 N–H and O–H groups in total. The largest absolute Gasteiger partial charge is 0.383 e. The zero-order valence-corrected chi connectivity index (χ0v) is 13.2. The Bertz CT molecular complexity index is 587. The molecule has 0 spiro atoms. The summed E-state index contributed by atoms with van der Waals surface area (Å²) in [5.74, 6) is 0.351. The van der Waals surface area contributed by atoms with E-state index in [-0.39, 0.29) is 24.0 Å². The third kappa shape index (κ3) is 3.85. The number of methoxy groups -OCH3 is 2. The fourth-order valence-electron chi connectivity index (χ4n) is 1.94. The van der Waals surface area contributed by atoms with Gasteiger partial charge in [0.15, 0.2) is 6.29 Å². The first-order valence-electron chi connectivity index (χ1n) is 6.72. The lowest BCUT2D eigenvalue weighted by Gasteiger charge is -2.19. The summed E-state index contributed by atoms with van der Waals surface area (Å²) >= 11 is 0. The Morgan fingerprint density at radius 1 is 1.24 bits per heavy atom. The number of nitrogens with two attached hydrogens (primary N) is 1. The molecule has 0 atom stereocenters. The van der Waals surface area contributed by atoms with Gasteiger partial charge in [-0.3, -0.25) is 13.9 Å². The molecular weight excluding hydrogens is 276 g/mol. The highest BCUT2D eigenvalue weighted by Crippen LogP contribution is 2.12. The van der Waals surface area contributed by atoms with E-state index in [9.17, 15) is 9.59 Å². The summed E-state index contributed by atoms with van der Waals surface area (Å²) in [6.45, 7) is 4.61. The van der Waals surface area contributed by atoms with Crippen molar-refractivity contribution in [2.45, 2.75) is 26.7 Å². The third-order valence-electron chi connectivity index (χ3n) is 3.10. The van der Waals surface area contributed by atoms with Crippen LogP contribution in [0.25, 0.3) is 0 Å². The Kier molecular flexibility index (Phi) is 5.98. The summed E-state index contributed by atoms with van der Waals surface area (Å²) in [5, 5.41) is 2.90. The van der Waals surface area contributed by atoms with Gasteiger partial charge < -0.3 is 20.5 Å². The van der Waals surface area contributed by atoms with Crippen LogP contribution in [0.2, 0.25) is 0 Å². The number of hydrogen-bond acceptors (Lipinski definition) is 6. The summed E-state index contributed by atoms with van der Waals surface area (Å²) in [6, 6.07) is 0. The van der Waals surface area contributed by atoms with Gasteiger partial charge in [-0.2, -0.15) is 0 Å². The Balaban J connectivity index is 3.23. The lowest BCUT2D eigenvalue weighted by atomic mass is 10.2. The molecule has 1 heterocycles. The molecule has 0 aliphatic heterocycles. The van der Waals surface area contributed by atoms with Crippen LogP contribution in [0.4, 0.5) is 11.5 Å². The fraction of sp³-hybridized carbons (Fsp3) is 0.692. The van der Waals surface area contributed by atoms with Crippen LogP contribution in [0.5, 0.6) is 0 Å². The van der Waals surface area contributed by atoms with E-state index in [0.29, 0.717) is 6.54 Å². The van der Waals surface area contributed by atoms with Crippen LogP contribution in [0.3, 0.4) is 0 Å². The summed E-state index contributed by atoms with van der Waals surface area (Å²) in [6.07, 6.45) is -0.514. The van der Waals surface area contributed by atoms with Crippen molar-refractivity contribution in [3.63, 3.8) is 0 Å². The maximum atomic E-state index is 12.2. The molecular formula is C13H24N4O4. The van der Waals surface area contributed by atoms with Crippen molar-refractivity contribution in [1.82, 2.24) is 9.13 Å². The molecule has 0 radical (unpaired) electrons. The molecule has 0 amide bonds. The highest BCUT2D eigenvalue weighted by molar-refractivity contribution is 5.60. The van der Waals surface area contributed by atoms with E-state index >= 15 is 0 Å². The van der Waals surface area contributed by atoms with E-state index in [4.69, 9.17) is 15.2 Å². The second-order valence-electron chi connectivity index (χ2n) is 5.19. The van der Waals surface area contributed by atoms with Crippen molar-refractivity contribution in [2.75, 3.05) is 31.8 Å². The smallest absolute Gasteiger partial charge is 0.332 e. The number of anilines is 2. The van der Waals surface area contributed by atoms with E-state index in [1.54, 1.807) is 0 Å². The van der Waals surface area contributed by atoms with Gasteiger partial charge >= 0.3 is 5.69 Å². The van der Waals surface area contributed by atoms with Gasteiger partial charge in [-0.15, -0.1) is 0 Å². The Labute approximate surface area is 123 Å². The van der Waals surface area contributed by atoms with Crippen LogP contribution in [0, 0.1) is 5.92 Å². The highest BCUT2D eigenvalue weighted by atomic mass is 16.7. The number of nitrogens with zero attached hydrogens (tertiary/aromatic N) is 2. The van der Waals surface area contributed by atoms with Crippen molar-refractivity contribution in [2.24, 2.45) is 13.0 Å². The molecule has 120 valence electrons. The van der Waals surface area contributed by atoms with Crippen molar-refractivity contribution < 1.29 is 9.47 Å². The van der Waals surface area contributed by atoms with Gasteiger partial charge in [-0.25, -0.2) is 4.79 Å². The second-order valence-corrected chi connectivity index (χ2v) is 5.19. The minimum Gasteiger partial charge on any atom is -0.383 e. The lowest BCUT2D eigenvalue weighted by Crippen LogP contribution is -2.42. The predicted octanol–water partition coefficient (Wildman–Crippen LogP) is -0.184. The SMILES string of the molecule is COC(CNc1c(N)n(CC(C)C)c(=O)n(C)c1=O)OC. The van der Waals surface area contributed by atoms with E-state index in [1.165, 1.54) is 25.8 Å². The van der Waals surface area contributed by atoms with E-state index < -0.39 is 17.5 Å². The fourth-order valence-corrected chi connectivity index (χ4v) is 1.94. The standard InChI is InChI=1S/C13H24N4O4/c1-8(2)7-17-11(14)10(12(18)16(3)13(17)19)15-6-9(20-4)21-5/h8-9,15H,6-7,14H2,1-5H3. The van der Waals surface area contributed by atoms with Crippen LogP contribution < -0.4 is 22.3 Å². The second kappa shape index (κ2) is 7.28. The van der Waals surface area contributed by atoms with Gasteiger partial charge in [0.1, 0.15) is 11.5 Å². The third-order valence-corrected chi connectivity index (χ3v) is 3.10. The molecule has 0 aliphatic carbocycles. The molecule has 0 aromatic carbocycles. The first-order valence-corrected chi connectivity index (χ1v) is 6.72. The van der Waals surface area contributed by atoms with Crippen molar-refractivity contribution in [3.8, 4) is 0 Å². The number of ether oxygens (including phenoxy) is 2. The lowest BCUT2D eigenvalue weighted by molar-refractivity contribution is -0.0914. The van der Waals surface area contributed by atoms with E-state index in [0.717, 1.165) is 4.57 Å². The highest BCUT2D eigenvalue weighted by Gasteiger charge is 2.17. The van der Waals surface area contributed by atoms with Crippen LogP contribution >= 0.6 is 0 Å². The summed E-state index contributed by atoms with van der Waals surface area (Å²) in [5.41, 5.74) is 5.26. The van der Waals surface area contributed by atoms with Crippen molar-refractivity contribution in [3.05, 3.63) is 20.8 Å². The van der Waals surface area contributed by atoms with Gasteiger partial charge in [-0.05, 0) is 5.92 Å². The van der Waals surface area contributed by atoms with Crippen LogP contribution in [0.1, 0.15) is 13.8 Å². The average Bonchev–Trinajstić information content (AvgIpc) is 2.45. The zero-order valence-electron chi connectivity index (χ0n) is 13.2. The molecule has 0 saturated carbocycles. The molecule has 0 bridgehead atoms. The summed E-state index contributed by atoms with van der Waals surface area (Å²) in [4.78, 5) is 24.3. The molecule has 1 rings (SSSR count). The summed E-state index contributed by atoms with van der Waals surface area (Å²) in [7, 11) is 4.42. The minimum absolute atomic E-state index is 0.128.